The number of hydrogen-bond donors (Lipinski definition) is 3. The number of rotatable bonds is 9. The molecule has 2 aromatic carbocycles. The van der Waals surface area contributed by atoms with E-state index in [9.17, 15) is 23.5 Å². The molecule has 1 aliphatic heterocycles. The van der Waals surface area contributed by atoms with Crippen molar-refractivity contribution in [2.75, 3.05) is 20.3 Å². The lowest BCUT2D eigenvalue weighted by Crippen LogP contribution is -2.44. The lowest BCUT2D eigenvalue weighted by molar-refractivity contribution is -0.123. The first-order valence-corrected chi connectivity index (χ1v) is 14.9. The summed E-state index contributed by atoms with van der Waals surface area (Å²) < 4.78 is 41.9. The number of fused-ring (bicyclic) bond motifs is 2. The van der Waals surface area contributed by atoms with Gasteiger partial charge >= 0.3 is 0 Å². The van der Waals surface area contributed by atoms with Gasteiger partial charge in [0.05, 0.1) is 25.4 Å². The van der Waals surface area contributed by atoms with Crippen LogP contribution in [0.5, 0.6) is 11.5 Å². The maximum absolute atomic E-state index is 14.5. The predicted molar refractivity (Wildman–Crippen MR) is 160 cm³/mol. The second-order valence-electron chi connectivity index (χ2n) is 12.6. The number of amides is 2. The van der Waals surface area contributed by atoms with E-state index in [0.717, 1.165) is 30.4 Å². The number of benzene rings is 2. The van der Waals surface area contributed by atoms with Gasteiger partial charge < -0.3 is 25.6 Å². The zero-order chi connectivity index (χ0) is 31.8. The highest BCUT2D eigenvalue weighted by Gasteiger charge is 2.50. The van der Waals surface area contributed by atoms with Crippen molar-refractivity contribution in [2.45, 2.75) is 56.6 Å². The molecule has 0 bridgehead atoms. The highest BCUT2D eigenvalue weighted by molar-refractivity contribution is 6.00. The zero-order valence-corrected chi connectivity index (χ0v) is 25.1. The van der Waals surface area contributed by atoms with E-state index in [1.165, 1.54) is 7.11 Å². The number of halogens is 2. The molecule has 2 fully saturated rings. The Bertz CT molecular complexity index is 1900. The van der Waals surface area contributed by atoms with Crippen molar-refractivity contribution in [3.8, 4) is 22.8 Å². The van der Waals surface area contributed by atoms with E-state index in [1.807, 2.05) is 10.9 Å². The van der Waals surface area contributed by atoms with Crippen molar-refractivity contribution in [3.63, 3.8) is 0 Å². The van der Waals surface area contributed by atoms with E-state index in [0.29, 0.717) is 46.8 Å². The Morgan fingerprint density at radius 2 is 1.91 bits per heavy atom. The Balaban J connectivity index is 1.27. The molecule has 2 aliphatic carbocycles. The van der Waals surface area contributed by atoms with Gasteiger partial charge in [-0.25, -0.2) is 13.8 Å². The molecule has 0 radical (unpaired) electrons. The van der Waals surface area contributed by atoms with Crippen molar-refractivity contribution in [3.05, 3.63) is 70.5 Å². The lowest BCUT2D eigenvalue weighted by atomic mass is 9.81. The fourth-order valence-electron chi connectivity index (χ4n) is 6.15. The Labute approximate surface area is 257 Å². The average Bonchev–Trinajstić information content (AvgIpc) is 3.96. The highest BCUT2D eigenvalue weighted by Crippen LogP contribution is 2.50. The molecule has 0 spiro atoms. The second kappa shape index (κ2) is 10.2. The number of pyridine rings is 1. The molecule has 4 N–H and O–H groups in total. The number of hydrogen-bond acceptors (Lipinski definition) is 7. The number of ether oxygens (including phenoxy) is 2. The van der Waals surface area contributed by atoms with Gasteiger partial charge in [-0.3, -0.25) is 14.3 Å². The summed E-state index contributed by atoms with van der Waals surface area (Å²) >= 11 is 0. The Kier molecular flexibility index (Phi) is 6.63. The number of nitrogens with zero attached hydrogens (tertiary/aromatic N) is 3. The Morgan fingerprint density at radius 1 is 1.18 bits per heavy atom. The zero-order valence-electron chi connectivity index (χ0n) is 25.1. The van der Waals surface area contributed by atoms with Crippen LogP contribution in [0.1, 0.15) is 65.8 Å². The smallest absolute Gasteiger partial charge is 0.251 e. The first kappa shape index (κ1) is 29.1. The van der Waals surface area contributed by atoms with Crippen molar-refractivity contribution in [1.82, 2.24) is 20.1 Å². The molecule has 2 saturated carbocycles. The molecular weight excluding hydrogens is 584 g/mol. The number of carbonyl (C=O) groups is 2. The van der Waals surface area contributed by atoms with Gasteiger partial charge in [0.25, 0.3) is 5.91 Å². The van der Waals surface area contributed by atoms with Gasteiger partial charge in [-0.1, -0.05) is 0 Å². The van der Waals surface area contributed by atoms with Crippen LogP contribution in [0.2, 0.25) is 0 Å². The quantitative estimate of drug-likeness (QED) is 0.256. The summed E-state index contributed by atoms with van der Waals surface area (Å²) in [5.74, 6) is -2.75. The fraction of sp³-hybridized carbons (Fsp3) is 0.394. The molecule has 3 heterocycles. The molecule has 4 aromatic rings. The van der Waals surface area contributed by atoms with E-state index in [1.54, 1.807) is 32.0 Å². The van der Waals surface area contributed by atoms with Crippen LogP contribution in [0.15, 0.2) is 36.5 Å². The van der Waals surface area contributed by atoms with Gasteiger partial charge in [0, 0.05) is 28.3 Å². The number of primary amides is 1. The molecule has 10 nitrogen and oxygen atoms in total. The Morgan fingerprint density at radius 3 is 2.58 bits per heavy atom. The molecule has 0 unspecified atom stereocenters. The molecule has 234 valence electrons. The average molecular weight is 618 g/mol. The van der Waals surface area contributed by atoms with Crippen molar-refractivity contribution in [1.29, 1.82) is 0 Å². The van der Waals surface area contributed by atoms with Crippen LogP contribution in [-0.2, 0) is 15.8 Å². The summed E-state index contributed by atoms with van der Waals surface area (Å²) in [4.78, 5) is 30.9. The third-order valence-corrected chi connectivity index (χ3v) is 9.35. The van der Waals surface area contributed by atoms with Crippen molar-refractivity contribution >= 4 is 22.7 Å². The van der Waals surface area contributed by atoms with Gasteiger partial charge in [0.15, 0.2) is 11.6 Å². The molecule has 0 saturated heterocycles. The van der Waals surface area contributed by atoms with Crippen LogP contribution in [0, 0.1) is 24.5 Å². The minimum Gasteiger partial charge on any atom is -0.494 e. The van der Waals surface area contributed by atoms with Crippen molar-refractivity contribution in [2.24, 2.45) is 11.7 Å². The number of nitrogens with two attached hydrogens (primary N) is 1. The van der Waals surface area contributed by atoms with E-state index in [2.05, 4.69) is 10.4 Å². The minimum absolute atomic E-state index is 0.0846. The first-order valence-electron chi connectivity index (χ1n) is 14.9. The number of aliphatic hydroxyl groups is 1. The standard InChI is InChI=1S/C33H33F2N5O5/c1-16-8-23(34)24(35)11-21(16)28-29-22(32(2,15-45-29)31(36)42)12-26(38-28)33(43,19-4-5-19)14-37-30(41)17-9-18-13-40(20-6-7-20)39-27(18)25(10-17)44-3/h8-13,19-20,43H,4-7,14-15H2,1-3H3,(H2,36,42)(H,37,41)/t32-,33+/m0/s1. The summed E-state index contributed by atoms with van der Waals surface area (Å²) in [5, 5.41) is 20.5. The summed E-state index contributed by atoms with van der Waals surface area (Å²) in [6.07, 6.45) is 5.37. The van der Waals surface area contributed by atoms with E-state index < -0.39 is 34.5 Å². The molecule has 3 aliphatic rings. The highest BCUT2D eigenvalue weighted by atomic mass is 19.2. The fourth-order valence-corrected chi connectivity index (χ4v) is 6.15. The number of methoxy groups -OCH3 is 1. The summed E-state index contributed by atoms with van der Waals surface area (Å²) in [6.45, 7) is 2.94. The number of aryl methyl sites for hydroxylation is 1. The normalized spacial score (nSPS) is 20.4. The largest absolute Gasteiger partial charge is 0.494 e. The third-order valence-electron chi connectivity index (χ3n) is 9.35. The van der Waals surface area contributed by atoms with Crippen LogP contribution >= 0.6 is 0 Å². The second-order valence-corrected chi connectivity index (χ2v) is 12.6. The van der Waals surface area contributed by atoms with Crippen LogP contribution in [0.25, 0.3) is 22.2 Å². The number of aromatic nitrogens is 3. The molecule has 2 amide bonds. The molecule has 45 heavy (non-hydrogen) atoms. The van der Waals surface area contributed by atoms with Crippen LogP contribution < -0.4 is 20.5 Å². The van der Waals surface area contributed by atoms with Crippen molar-refractivity contribution < 1.29 is 33.0 Å². The summed E-state index contributed by atoms with van der Waals surface area (Å²) in [7, 11) is 1.52. The van der Waals surface area contributed by atoms with E-state index >= 15 is 0 Å². The molecule has 2 aromatic heterocycles. The SMILES string of the molecule is COc1cc(C(=O)NC[C@](O)(c2cc3c(c(-c4cc(F)c(F)cc4C)n2)OC[C@]3(C)C(N)=O)C2CC2)cc2cn(C3CC3)nc12. The summed E-state index contributed by atoms with van der Waals surface area (Å²) in [6, 6.07) is 7.37. The maximum Gasteiger partial charge on any atom is 0.251 e. The topological polar surface area (TPSA) is 142 Å². The van der Waals surface area contributed by atoms with Crippen LogP contribution in [0.4, 0.5) is 8.78 Å². The van der Waals surface area contributed by atoms with E-state index in [-0.39, 0.29) is 41.8 Å². The number of carbonyl (C=O) groups excluding carboxylic acids is 2. The van der Waals surface area contributed by atoms with E-state index in [4.69, 9.17) is 20.2 Å². The van der Waals surface area contributed by atoms with Crippen LogP contribution in [-0.4, -0.2) is 51.9 Å². The van der Waals surface area contributed by atoms with Gasteiger partial charge in [0.1, 0.15) is 40.3 Å². The van der Waals surface area contributed by atoms with Gasteiger partial charge in [0.2, 0.25) is 5.91 Å². The monoisotopic (exact) mass is 617 g/mol. The van der Waals surface area contributed by atoms with Crippen LogP contribution in [0.3, 0.4) is 0 Å². The molecule has 2 atom stereocenters. The molecule has 7 rings (SSSR count). The maximum atomic E-state index is 14.5. The predicted octanol–water partition coefficient (Wildman–Crippen LogP) is 4.19. The third kappa shape index (κ3) is 4.78. The summed E-state index contributed by atoms with van der Waals surface area (Å²) in [5.41, 5.74) is 5.21. The van der Waals surface area contributed by atoms with Gasteiger partial charge in [-0.05, 0) is 81.3 Å². The van der Waals surface area contributed by atoms with Gasteiger partial charge in [-0.2, -0.15) is 5.10 Å². The minimum atomic E-state index is -1.65. The number of nitrogens with one attached hydrogen (secondary N) is 1. The van der Waals surface area contributed by atoms with Gasteiger partial charge in [-0.15, -0.1) is 0 Å². The molecular formula is C33H33F2N5O5. The lowest BCUT2D eigenvalue weighted by Gasteiger charge is -2.30. The first-order chi connectivity index (χ1) is 21.4. The molecule has 12 heteroatoms. The Hall–Kier alpha value is -4.58.